The average Bonchev–Trinajstić information content (AvgIpc) is 2.97. The molecule has 0 fully saturated rings. The predicted octanol–water partition coefficient (Wildman–Crippen LogP) is 4.17. The molecule has 2 aromatic rings. The second kappa shape index (κ2) is 9.27. The van der Waals surface area contributed by atoms with Crippen LogP contribution in [0.15, 0.2) is 42.5 Å². The van der Waals surface area contributed by atoms with Gasteiger partial charge < -0.3 is 20.1 Å². The monoisotopic (exact) mass is 460 g/mol. The highest BCUT2D eigenvalue weighted by Gasteiger charge is 2.32. The maximum Gasteiger partial charge on any atom is 0.416 e. The number of hydrogen-bond acceptors (Lipinski definition) is 4. The molecule has 6 nitrogen and oxygen atoms in total. The van der Waals surface area contributed by atoms with Gasteiger partial charge in [-0.3, -0.25) is 9.59 Å². The van der Waals surface area contributed by atoms with Crippen LogP contribution in [0.25, 0.3) is 5.57 Å². The van der Waals surface area contributed by atoms with Gasteiger partial charge in [0.05, 0.1) is 18.8 Å². The zero-order chi connectivity index (χ0) is 23.6. The molecule has 33 heavy (non-hydrogen) atoms. The third-order valence-electron chi connectivity index (χ3n) is 5.72. The van der Waals surface area contributed by atoms with Gasteiger partial charge >= 0.3 is 6.18 Å². The minimum Gasteiger partial charge on any atom is -0.493 e. The highest BCUT2D eigenvalue weighted by Crippen LogP contribution is 2.38. The number of alkyl halides is 3. The SMILES string of the molecule is O=C(C=C1CCCOc2cc(C(F)(F)F)ccc21)Nc1cccc2c1CCC(=O)N2CCO. The summed E-state index contributed by atoms with van der Waals surface area (Å²) in [5.41, 5.74) is 2.27. The van der Waals surface area contributed by atoms with E-state index in [2.05, 4.69) is 5.32 Å². The van der Waals surface area contributed by atoms with Gasteiger partial charge in [-0.2, -0.15) is 13.2 Å². The second-order valence-electron chi connectivity index (χ2n) is 7.89. The van der Waals surface area contributed by atoms with Crippen molar-refractivity contribution in [1.29, 1.82) is 0 Å². The van der Waals surface area contributed by atoms with E-state index in [1.165, 1.54) is 17.0 Å². The molecule has 2 aromatic carbocycles. The Balaban J connectivity index is 1.61. The number of aliphatic hydroxyl groups excluding tert-OH is 1. The van der Waals surface area contributed by atoms with E-state index >= 15 is 0 Å². The molecule has 0 bridgehead atoms. The van der Waals surface area contributed by atoms with E-state index < -0.39 is 17.6 Å². The minimum atomic E-state index is -4.48. The number of hydrogen-bond donors (Lipinski definition) is 2. The van der Waals surface area contributed by atoms with Gasteiger partial charge in [0.15, 0.2) is 0 Å². The minimum absolute atomic E-state index is 0.0876. The van der Waals surface area contributed by atoms with Crippen LogP contribution < -0.4 is 15.0 Å². The second-order valence-corrected chi connectivity index (χ2v) is 7.89. The van der Waals surface area contributed by atoms with Crippen molar-refractivity contribution in [3.63, 3.8) is 0 Å². The number of rotatable bonds is 4. The van der Waals surface area contributed by atoms with Crippen molar-refractivity contribution in [2.45, 2.75) is 31.9 Å². The Labute approximate surface area is 188 Å². The van der Waals surface area contributed by atoms with Crippen LogP contribution >= 0.6 is 0 Å². The normalized spacial score (nSPS) is 17.2. The first kappa shape index (κ1) is 22.8. The number of allylic oxidation sites excluding steroid dienone is 1. The number of fused-ring (bicyclic) bond motifs is 2. The third-order valence-corrected chi connectivity index (χ3v) is 5.72. The summed E-state index contributed by atoms with van der Waals surface area (Å²) in [5, 5.41) is 12.1. The molecular formula is C24H23F3N2O4. The first-order valence-electron chi connectivity index (χ1n) is 10.7. The fraction of sp³-hybridized carbons (Fsp3) is 0.333. The van der Waals surface area contributed by atoms with Crippen molar-refractivity contribution in [2.75, 3.05) is 30.0 Å². The Bertz CT molecular complexity index is 1110. The summed E-state index contributed by atoms with van der Waals surface area (Å²) < 4.78 is 44.7. The van der Waals surface area contributed by atoms with Gasteiger partial charge in [0.25, 0.3) is 0 Å². The van der Waals surface area contributed by atoms with Crippen molar-refractivity contribution >= 4 is 28.8 Å². The molecule has 2 N–H and O–H groups in total. The highest BCUT2D eigenvalue weighted by atomic mass is 19.4. The predicted molar refractivity (Wildman–Crippen MR) is 117 cm³/mol. The van der Waals surface area contributed by atoms with Gasteiger partial charge in [-0.05, 0) is 54.7 Å². The summed E-state index contributed by atoms with van der Waals surface area (Å²) in [6.45, 7) is 0.254. The zero-order valence-electron chi connectivity index (χ0n) is 17.7. The van der Waals surface area contributed by atoms with Crippen molar-refractivity contribution in [3.8, 4) is 5.75 Å². The lowest BCUT2D eigenvalue weighted by Crippen LogP contribution is -2.37. The van der Waals surface area contributed by atoms with Crippen LogP contribution in [0.3, 0.4) is 0 Å². The summed E-state index contributed by atoms with van der Waals surface area (Å²) >= 11 is 0. The molecule has 0 atom stereocenters. The number of carbonyl (C=O) groups excluding carboxylic acids is 2. The maximum absolute atomic E-state index is 13.1. The molecule has 0 spiro atoms. The quantitative estimate of drug-likeness (QED) is 0.672. The Morgan fingerprint density at radius 3 is 2.76 bits per heavy atom. The fourth-order valence-electron chi connectivity index (χ4n) is 4.19. The number of halogens is 3. The van der Waals surface area contributed by atoms with Crippen LogP contribution in [0.5, 0.6) is 5.75 Å². The van der Waals surface area contributed by atoms with Crippen LogP contribution in [0.1, 0.15) is 36.0 Å². The summed E-state index contributed by atoms with van der Waals surface area (Å²) in [6, 6.07) is 8.52. The smallest absolute Gasteiger partial charge is 0.416 e. The van der Waals surface area contributed by atoms with Crippen molar-refractivity contribution in [3.05, 3.63) is 59.2 Å². The molecule has 2 aliphatic rings. The summed E-state index contributed by atoms with van der Waals surface area (Å²) in [6.07, 6.45) is -1.32. The third kappa shape index (κ3) is 4.88. The van der Waals surface area contributed by atoms with Crippen LogP contribution in [0.2, 0.25) is 0 Å². The van der Waals surface area contributed by atoms with E-state index in [-0.39, 0.29) is 37.8 Å². The molecule has 9 heteroatoms. The summed E-state index contributed by atoms with van der Waals surface area (Å²) in [7, 11) is 0. The summed E-state index contributed by atoms with van der Waals surface area (Å²) in [4.78, 5) is 26.6. The fourth-order valence-corrected chi connectivity index (χ4v) is 4.19. The molecule has 2 aliphatic heterocycles. The lowest BCUT2D eigenvalue weighted by atomic mass is 9.98. The van der Waals surface area contributed by atoms with Crippen LogP contribution in [-0.4, -0.2) is 36.7 Å². The van der Waals surface area contributed by atoms with Crippen molar-refractivity contribution in [1.82, 2.24) is 0 Å². The van der Waals surface area contributed by atoms with E-state index in [0.717, 1.165) is 17.7 Å². The Morgan fingerprint density at radius 2 is 2.00 bits per heavy atom. The Hall–Kier alpha value is -3.33. The molecule has 0 radical (unpaired) electrons. The Kier molecular flexibility index (Phi) is 6.42. The first-order valence-corrected chi connectivity index (χ1v) is 10.7. The molecule has 0 aliphatic carbocycles. The lowest BCUT2D eigenvalue weighted by molar-refractivity contribution is -0.137. The molecule has 174 valence electrons. The summed E-state index contributed by atoms with van der Waals surface area (Å²) in [5.74, 6) is -0.399. The van der Waals surface area contributed by atoms with Gasteiger partial charge in [-0.1, -0.05) is 12.1 Å². The number of amides is 2. The van der Waals surface area contributed by atoms with Crippen molar-refractivity contribution in [2.24, 2.45) is 0 Å². The van der Waals surface area contributed by atoms with Crippen LogP contribution in [-0.2, 0) is 22.2 Å². The number of β-amino-alcohol motifs (C(OH)–C–C–N with tert-alkyl or cyclic N) is 1. The molecule has 0 saturated carbocycles. The van der Waals surface area contributed by atoms with Gasteiger partial charge in [0, 0.05) is 36.0 Å². The van der Waals surface area contributed by atoms with E-state index in [1.807, 2.05) is 0 Å². The number of ether oxygens (including phenoxy) is 1. The van der Waals surface area contributed by atoms with Gasteiger partial charge in [-0.15, -0.1) is 0 Å². The largest absolute Gasteiger partial charge is 0.493 e. The van der Waals surface area contributed by atoms with E-state index in [0.29, 0.717) is 41.8 Å². The van der Waals surface area contributed by atoms with Gasteiger partial charge in [-0.25, -0.2) is 0 Å². The number of nitrogens with zero attached hydrogens (tertiary/aromatic N) is 1. The average molecular weight is 460 g/mol. The lowest BCUT2D eigenvalue weighted by Gasteiger charge is -2.30. The molecule has 4 rings (SSSR count). The molecule has 0 saturated heterocycles. The zero-order valence-corrected chi connectivity index (χ0v) is 17.7. The van der Waals surface area contributed by atoms with E-state index in [1.54, 1.807) is 18.2 Å². The highest BCUT2D eigenvalue weighted by molar-refractivity contribution is 6.06. The number of anilines is 2. The standard InChI is InChI=1S/C24H23F3N2O4/c25-24(26,27)16-6-7-17-15(3-2-12-33-21(17)14-16)13-22(31)28-19-4-1-5-20-18(19)8-9-23(32)29(20)10-11-30/h1,4-7,13-14,30H,2-3,8-12H2,(H,28,31). The number of benzene rings is 2. The number of carbonyl (C=O) groups is 2. The van der Waals surface area contributed by atoms with Gasteiger partial charge in [0.2, 0.25) is 11.8 Å². The molecule has 0 aromatic heterocycles. The maximum atomic E-state index is 13.1. The van der Waals surface area contributed by atoms with E-state index in [4.69, 9.17) is 4.74 Å². The molecular weight excluding hydrogens is 437 g/mol. The van der Waals surface area contributed by atoms with Gasteiger partial charge in [0.1, 0.15) is 5.75 Å². The van der Waals surface area contributed by atoms with Crippen LogP contribution in [0.4, 0.5) is 24.5 Å². The van der Waals surface area contributed by atoms with E-state index in [9.17, 15) is 27.9 Å². The number of nitrogens with one attached hydrogen (secondary N) is 1. The molecule has 0 unspecified atom stereocenters. The Morgan fingerprint density at radius 1 is 1.18 bits per heavy atom. The molecule has 2 heterocycles. The van der Waals surface area contributed by atoms with Crippen LogP contribution in [0, 0.1) is 0 Å². The van der Waals surface area contributed by atoms with Crippen molar-refractivity contribution < 1.29 is 32.6 Å². The topological polar surface area (TPSA) is 78.9 Å². The molecule has 2 amide bonds. The number of aliphatic hydroxyl groups is 1. The first-order chi connectivity index (χ1) is 15.8.